The lowest BCUT2D eigenvalue weighted by atomic mass is 9.99. The Bertz CT molecular complexity index is 963. The predicted octanol–water partition coefficient (Wildman–Crippen LogP) is 5.75. The molecule has 1 N–H and O–H groups in total. The van der Waals surface area contributed by atoms with Crippen LogP contribution in [-0.4, -0.2) is 18.7 Å². The van der Waals surface area contributed by atoms with E-state index in [1.807, 2.05) is 54.6 Å². The first-order chi connectivity index (χ1) is 14.0. The van der Waals surface area contributed by atoms with E-state index >= 15 is 0 Å². The van der Waals surface area contributed by atoms with Gasteiger partial charge in [-0.2, -0.15) is 5.10 Å². The Morgan fingerprint density at radius 1 is 1.14 bits per heavy atom. The Morgan fingerprint density at radius 3 is 2.55 bits per heavy atom. The standard InChI is InChI=1S/C23H23BrN2O3/c1-3-16(2)17-6-10-20(11-7-17)28-15-23(27)26-25-14-21-12-13-22(29-21)18-4-8-19(24)9-5-18/h4-14,16H,3,15H2,1-2H3,(H,26,27). The van der Waals surface area contributed by atoms with Crippen LogP contribution in [0.25, 0.3) is 11.3 Å². The van der Waals surface area contributed by atoms with Gasteiger partial charge in [0.25, 0.3) is 5.91 Å². The molecule has 0 aliphatic carbocycles. The van der Waals surface area contributed by atoms with Crippen LogP contribution in [0.1, 0.15) is 37.5 Å². The smallest absolute Gasteiger partial charge is 0.277 e. The second-order valence-electron chi connectivity index (χ2n) is 6.67. The molecule has 1 unspecified atom stereocenters. The summed E-state index contributed by atoms with van der Waals surface area (Å²) in [5.41, 5.74) is 4.66. The summed E-state index contributed by atoms with van der Waals surface area (Å²) in [5, 5.41) is 3.92. The summed E-state index contributed by atoms with van der Waals surface area (Å²) in [4.78, 5) is 11.9. The average Bonchev–Trinajstić information content (AvgIpc) is 3.21. The van der Waals surface area contributed by atoms with Crippen molar-refractivity contribution < 1.29 is 13.9 Å². The van der Waals surface area contributed by atoms with Crippen molar-refractivity contribution in [2.75, 3.05) is 6.61 Å². The highest BCUT2D eigenvalue weighted by Crippen LogP contribution is 2.23. The highest BCUT2D eigenvalue weighted by molar-refractivity contribution is 9.10. The third-order valence-corrected chi connectivity index (χ3v) is 5.10. The van der Waals surface area contributed by atoms with Crippen molar-refractivity contribution in [3.8, 4) is 17.1 Å². The minimum Gasteiger partial charge on any atom is -0.484 e. The van der Waals surface area contributed by atoms with Gasteiger partial charge in [0, 0.05) is 10.0 Å². The number of nitrogens with one attached hydrogen (secondary N) is 1. The van der Waals surface area contributed by atoms with Gasteiger partial charge < -0.3 is 9.15 Å². The van der Waals surface area contributed by atoms with E-state index < -0.39 is 0 Å². The highest BCUT2D eigenvalue weighted by Gasteiger charge is 2.06. The van der Waals surface area contributed by atoms with E-state index in [1.54, 1.807) is 6.07 Å². The van der Waals surface area contributed by atoms with E-state index in [4.69, 9.17) is 9.15 Å². The monoisotopic (exact) mass is 454 g/mol. The zero-order chi connectivity index (χ0) is 20.6. The molecule has 0 aliphatic rings. The van der Waals surface area contributed by atoms with Gasteiger partial charge in [-0.05, 0) is 54.3 Å². The summed E-state index contributed by atoms with van der Waals surface area (Å²) in [7, 11) is 0. The van der Waals surface area contributed by atoms with Crippen LogP contribution in [0.4, 0.5) is 0 Å². The van der Waals surface area contributed by atoms with E-state index in [0.717, 1.165) is 22.2 Å². The van der Waals surface area contributed by atoms with E-state index in [0.29, 0.717) is 17.4 Å². The molecule has 0 radical (unpaired) electrons. The van der Waals surface area contributed by atoms with E-state index in [2.05, 4.69) is 40.3 Å². The lowest BCUT2D eigenvalue weighted by molar-refractivity contribution is -0.123. The number of rotatable bonds is 8. The van der Waals surface area contributed by atoms with Crippen LogP contribution < -0.4 is 10.2 Å². The van der Waals surface area contributed by atoms with Gasteiger partial charge in [0.2, 0.25) is 0 Å². The predicted molar refractivity (Wildman–Crippen MR) is 118 cm³/mol. The number of hydrogen-bond acceptors (Lipinski definition) is 4. The topological polar surface area (TPSA) is 63.8 Å². The fraction of sp³-hybridized carbons (Fsp3) is 0.217. The van der Waals surface area contributed by atoms with Crippen molar-refractivity contribution in [1.29, 1.82) is 0 Å². The molecule has 1 heterocycles. The molecule has 0 fully saturated rings. The molecule has 3 rings (SSSR count). The zero-order valence-electron chi connectivity index (χ0n) is 16.4. The molecule has 1 atom stereocenters. The van der Waals surface area contributed by atoms with Gasteiger partial charge in [0.1, 0.15) is 17.3 Å². The van der Waals surface area contributed by atoms with E-state index in [9.17, 15) is 4.79 Å². The number of hydrazone groups is 1. The number of benzene rings is 2. The van der Waals surface area contributed by atoms with Crippen LogP contribution >= 0.6 is 15.9 Å². The van der Waals surface area contributed by atoms with Crippen molar-refractivity contribution in [1.82, 2.24) is 5.43 Å². The molecule has 1 aromatic heterocycles. The third kappa shape index (κ3) is 6.06. The second-order valence-corrected chi connectivity index (χ2v) is 7.58. The van der Waals surface area contributed by atoms with Crippen molar-refractivity contribution in [2.24, 2.45) is 5.10 Å². The summed E-state index contributed by atoms with van der Waals surface area (Å²) in [6.45, 7) is 4.23. The van der Waals surface area contributed by atoms with Gasteiger partial charge in [-0.3, -0.25) is 4.79 Å². The Kier molecular flexibility index (Phi) is 7.25. The van der Waals surface area contributed by atoms with Crippen LogP contribution in [0.15, 0.2) is 74.7 Å². The Morgan fingerprint density at radius 2 is 1.86 bits per heavy atom. The quantitative estimate of drug-likeness (QED) is 0.348. The van der Waals surface area contributed by atoms with Gasteiger partial charge in [-0.15, -0.1) is 0 Å². The Labute approximate surface area is 178 Å². The minimum absolute atomic E-state index is 0.109. The van der Waals surface area contributed by atoms with Gasteiger partial charge in [-0.1, -0.05) is 54.0 Å². The van der Waals surface area contributed by atoms with Gasteiger partial charge in [0.05, 0.1) is 6.21 Å². The molecule has 3 aromatic rings. The first-order valence-corrected chi connectivity index (χ1v) is 10.2. The largest absolute Gasteiger partial charge is 0.484 e. The minimum atomic E-state index is -0.341. The number of halogens is 1. The van der Waals surface area contributed by atoms with Crippen molar-refractivity contribution >= 4 is 28.1 Å². The number of amides is 1. The molecule has 1 amide bonds. The number of ether oxygens (including phenoxy) is 1. The Balaban J connectivity index is 1.47. The molecule has 5 nitrogen and oxygen atoms in total. The maximum Gasteiger partial charge on any atom is 0.277 e. The fourth-order valence-corrected chi connectivity index (χ4v) is 2.93. The van der Waals surface area contributed by atoms with Crippen LogP contribution in [0.3, 0.4) is 0 Å². The molecule has 0 saturated carbocycles. The summed E-state index contributed by atoms with van der Waals surface area (Å²) in [6, 6.07) is 19.3. The maximum absolute atomic E-state index is 11.9. The normalized spacial score (nSPS) is 12.1. The van der Waals surface area contributed by atoms with Gasteiger partial charge in [0.15, 0.2) is 6.61 Å². The Hall–Kier alpha value is -2.86. The molecule has 0 aliphatic heterocycles. The highest BCUT2D eigenvalue weighted by atomic mass is 79.9. The SMILES string of the molecule is CCC(C)c1ccc(OCC(=O)NN=Cc2ccc(-c3ccc(Br)cc3)o2)cc1. The van der Waals surface area contributed by atoms with Gasteiger partial charge in [-0.25, -0.2) is 5.43 Å². The molecule has 150 valence electrons. The average molecular weight is 455 g/mol. The number of carbonyl (C=O) groups is 1. The summed E-state index contributed by atoms with van der Waals surface area (Å²) in [6.07, 6.45) is 2.54. The number of furan rings is 1. The van der Waals surface area contributed by atoms with Crippen molar-refractivity contribution in [3.63, 3.8) is 0 Å². The second kappa shape index (κ2) is 10.1. The first kappa shape index (κ1) is 20.9. The lowest BCUT2D eigenvalue weighted by Crippen LogP contribution is -2.24. The number of carbonyl (C=O) groups excluding carboxylic acids is 1. The third-order valence-electron chi connectivity index (χ3n) is 4.57. The van der Waals surface area contributed by atoms with Crippen molar-refractivity contribution in [2.45, 2.75) is 26.2 Å². The van der Waals surface area contributed by atoms with Gasteiger partial charge >= 0.3 is 0 Å². The van der Waals surface area contributed by atoms with Crippen LogP contribution in [0, 0.1) is 0 Å². The van der Waals surface area contributed by atoms with E-state index in [-0.39, 0.29) is 12.5 Å². The fourth-order valence-electron chi connectivity index (χ4n) is 2.67. The molecule has 29 heavy (non-hydrogen) atoms. The number of nitrogens with zero attached hydrogens (tertiary/aromatic N) is 1. The van der Waals surface area contributed by atoms with Crippen LogP contribution in [0.5, 0.6) is 5.75 Å². The molecule has 6 heteroatoms. The summed E-state index contributed by atoms with van der Waals surface area (Å²) in [5.74, 6) is 2.10. The lowest BCUT2D eigenvalue weighted by Gasteiger charge is -2.10. The van der Waals surface area contributed by atoms with E-state index in [1.165, 1.54) is 11.8 Å². The zero-order valence-corrected chi connectivity index (χ0v) is 18.0. The molecular weight excluding hydrogens is 432 g/mol. The number of hydrogen-bond donors (Lipinski definition) is 1. The summed E-state index contributed by atoms with van der Waals surface area (Å²) >= 11 is 3.41. The molecule has 0 spiro atoms. The van der Waals surface area contributed by atoms with Crippen LogP contribution in [-0.2, 0) is 4.79 Å². The summed E-state index contributed by atoms with van der Waals surface area (Å²) < 4.78 is 12.2. The first-order valence-electron chi connectivity index (χ1n) is 9.45. The molecule has 0 bridgehead atoms. The molecule has 0 saturated heterocycles. The van der Waals surface area contributed by atoms with Crippen molar-refractivity contribution in [3.05, 3.63) is 76.5 Å². The van der Waals surface area contributed by atoms with Crippen LogP contribution in [0.2, 0.25) is 0 Å². The maximum atomic E-state index is 11.9. The molecule has 2 aromatic carbocycles. The molecular formula is C23H23BrN2O3.